The van der Waals surface area contributed by atoms with Crippen molar-refractivity contribution in [2.75, 3.05) is 6.54 Å². The smallest absolute Gasteiger partial charge is 0.336 e. The van der Waals surface area contributed by atoms with Crippen molar-refractivity contribution < 1.29 is 9.90 Å². The van der Waals surface area contributed by atoms with Crippen molar-refractivity contribution in [3.63, 3.8) is 0 Å². The highest BCUT2D eigenvalue weighted by Crippen LogP contribution is 2.20. The number of nitrogens with two attached hydrogens (primary N) is 1. The van der Waals surface area contributed by atoms with Crippen molar-refractivity contribution in [1.29, 1.82) is 0 Å². The molecule has 0 saturated carbocycles. The van der Waals surface area contributed by atoms with Gasteiger partial charge in [-0.05, 0) is 30.7 Å². The fraction of sp³-hybridized carbons (Fsp3) is 0.222. The van der Waals surface area contributed by atoms with Gasteiger partial charge in [0.05, 0.1) is 5.56 Å². The van der Waals surface area contributed by atoms with E-state index in [-0.39, 0.29) is 0 Å². The van der Waals surface area contributed by atoms with Gasteiger partial charge in [-0.1, -0.05) is 22.0 Å². The van der Waals surface area contributed by atoms with Crippen LogP contribution in [0.1, 0.15) is 15.9 Å². The van der Waals surface area contributed by atoms with Crippen LogP contribution in [0.25, 0.3) is 0 Å². The van der Waals surface area contributed by atoms with Crippen LogP contribution in [-0.4, -0.2) is 17.6 Å². The first-order chi connectivity index (χ1) is 6.16. The molecule has 0 fully saturated rings. The highest BCUT2D eigenvalue weighted by molar-refractivity contribution is 9.10. The summed E-state index contributed by atoms with van der Waals surface area (Å²) in [7, 11) is 0. The van der Waals surface area contributed by atoms with E-state index < -0.39 is 5.97 Å². The number of carboxylic acid groups (broad SMARTS) is 1. The largest absolute Gasteiger partial charge is 0.478 e. The molecule has 1 aromatic carbocycles. The molecule has 0 spiro atoms. The SMILES string of the molecule is NCCc1c(Br)cccc1C(=O)O. The molecule has 1 aromatic rings. The van der Waals surface area contributed by atoms with Crippen LogP contribution in [0.3, 0.4) is 0 Å². The Morgan fingerprint density at radius 3 is 2.77 bits per heavy atom. The Kier molecular flexibility index (Phi) is 3.45. The molecular weight excluding hydrogens is 234 g/mol. The maximum absolute atomic E-state index is 10.8. The third-order valence-corrected chi connectivity index (χ3v) is 2.49. The standard InChI is InChI=1S/C9H10BrNO2/c10-8-3-1-2-7(9(12)13)6(8)4-5-11/h1-3H,4-5,11H2,(H,12,13). The number of halogens is 1. The molecule has 0 aliphatic carbocycles. The molecule has 0 radical (unpaired) electrons. The van der Waals surface area contributed by atoms with Crippen LogP contribution < -0.4 is 5.73 Å². The third-order valence-electron chi connectivity index (χ3n) is 1.74. The second-order valence-corrected chi connectivity index (χ2v) is 3.46. The number of rotatable bonds is 3. The van der Waals surface area contributed by atoms with E-state index in [4.69, 9.17) is 10.8 Å². The van der Waals surface area contributed by atoms with Gasteiger partial charge in [0.2, 0.25) is 0 Å². The van der Waals surface area contributed by atoms with E-state index in [1.54, 1.807) is 12.1 Å². The molecule has 70 valence electrons. The fourth-order valence-corrected chi connectivity index (χ4v) is 1.72. The summed E-state index contributed by atoms with van der Waals surface area (Å²) < 4.78 is 0.804. The molecule has 3 nitrogen and oxygen atoms in total. The van der Waals surface area contributed by atoms with E-state index in [2.05, 4.69) is 15.9 Å². The zero-order chi connectivity index (χ0) is 9.84. The lowest BCUT2D eigenvalue weighted by Gasteiger charge is -2.06. The van der Waals surface area contributed by atoms with Crippen LogP contribution in [-0.2, 0) is 6.42 Å². The summed E-state index contributed by atoms with van der Waals surface area (Å²) in [6.45, 7) is 0.447. The molecular formula is C9H10BrNO2. The van der Waals surface area contributed by atoms with Crippen molar-refractivity contribution in [3.05, 3.63) is 33.8 Å². The van der Waals surface area contributed by atoms with E-state index >= 15 is 0 Å². The van der Waals surface area contributed by atoms with E-state index in [1.165, 1.54) is 0 Å². The van der Waals surface area contributed by atoms with E-state index in [0.717, 1.165) is 10.0 Å². The Labute approximate surface area is 84.7 Å². The van der Waals surface area contributed by atoms with Crippen LogP contribution in [0.15, 0.2) is 22.7 Å². The van der Waals surface area contributed by atoms with Crippen molar-refractivity contribution in [2.45, 2.75) is 6.42 Å². The summed E-state index contributed by atoms with van der Waals surface area (Å²) in [4.78, 5) is 10.8. The Hall–Kier alpha value is -0.870. The van der Waals surface area contributed by atoms with Gasteiger partial charge in [0, 0.05) is 4.47 Å². The predicted octanol–water partition coefficient (Wildman–Crippen LogP) is 1.65. The summed E-state index contributed by atoms with van der Waals surface area (Å²) in [6.07, 6.45) is 0.572. The Morgan fingerprint density at radius 2 is 2.23 bits per heavy atom. The zero-order valence-corrected chi connectivity index (χ0v) is 8.54. The van der Waals surface area contributed by atoms with Crippen LogP contribution in [0.5, 0.6) is 0 Å². The average molecular weight is 244 g/mol. The summed E-state index contributed by atoms with van der Waals surface area (Å²) in [5.41, 5.74) is 6.47. The predicted molar refractivity (Wildman–Crippen MR) is 53.9 cm³/mol. The minimum absolute atomic E-state index is 0.319. The lowest BCUT2D eigenvalue weighted by atomic mass is 10.1. The van der Waals surface area contributed by atoms with Gasteiger partial charge in [0.15, 0.2) is 0 Å². The lowest BCUT2D eigenvalue weighted by molar-refractivity contribution is 0.0695. The van der Waals surface area contributed by atoms with Crippen LogP contribution in [0.4, 0.5) is 0 Å². The van der Waals surface area contributed by atoms with Gasteiger partial charge in [-0.25, -0.2) is 4.79 Å². The monoisotopic (exact) mass is 243 g/mol. The highest BCUT2D eigenvalue weighted by atomic mass is 79.9. The molecule has 0 unspecified atom stereocenters. The Balaban J connectivity index is 3.17. The van der Waals surface area contributed by atoms with Gasteiger partial charge < -0.3 is 10.8 Å². The van der Waals surface area contributed by atoms with Gasteiger partial charge in [-0.2, -0.15) is 0 Å². The average Bonchev–Trinajstić information content (AvgIpc) is 2.08. The topological polar surface area (TPSA) is 63.3 Å². The first-order valence-electron chi connectivity index (χ1n) is 3.87. The molecule has 0 saturated heterocycles. The second-order valence-electron chi connectivity index (χ2n) is 2.61. The summed E-state index contributed by atoms with van der Waals surface area (Å²) in [5.74, 6) is -0.912. The molecule has 1 rings (SSSR count). The molecule has 0 atom stereocenters. The van der Waals surface area contributed by atoms with Gasteiger partial charge in [0.25, 0.3) is 0 Å². The molecule has 0 aliphatic heterocycles. The molecule has 3 N–H and O–H groups in total. The van der Waals surface area contributed by atoms with Gasteiger partial charge >= 0.3 is 5.97 Å². The van der Waals surface area contributed by atoms with E-state index in [1.807, 2.05) is 6.07 Å². The number of hydrogen-bond acceptors (Lipinski definition) is 2. The lowest BCUT2D eigenvalue weighted by Crippen LogP contribution is -2.09. The van der Waals surface area contributed by atoms with Crippen LogP contribution in [0, 0.1) is 0 Å². The third kappa shape index (κ3) is 2.29. The number of carbonyl (C=O) groups is 1. The minimum atomic E-state index is -0.912. The molecule has 4 heteroatoms. The molecule has 0 heterocycles. The van der Waals surface area contributed by atoms with Crippen molar-refractivity contribution >= 4 is 21.9 Å². The molecule has 13 heavy (non-hydrogen) atoms. The highest BCUT2D eigenvalue weighted by Gasteiger charge is 2.11. The summed E-state index contributed by atoms with van der Waals surface area (Å²) >= 11 is 3.30. The number of hydrogen-bond donors (Lipinski definition) is 2. The fourth-order valence-electron chi connectivity index (χ4n) is 1.16. The molecule has 0 amide bonds. The second kappa shape index (κ2) is 4.39. The summed E-state index contributed by atoms with van der Waals surface area (Å²) in [6, 6.07) is 5.10. The van der Waals surface area contributed by atoms with E-state index in [9.17, 15) is 4.79 Å². The first kappa shape index (κ1) is 10.2. The summed E-state index contributed by atoms with van der Waals surface area (Å²) in [5, 5.41) is 8.86. The normalized spacial score (nSPS) is 10.0. The van der Waals surface area contributed by atoms with Gasteiger partial charge in [0.1, 0.15) is 0 Å². The number of benzene rings is 1. The molecule has 0 aliphatic rings. The Bertz CT molecular complexity index is 325. The van der Waals surface area contributed by atoms with Crippen molar-refractivity contribution in [3.8, 4) is 0 Å². The van der Waals surface area contributed by atoms with Gasteiger partial charge in [-0.3, -0.25) is 0 Å². The molecule has 0 bridgehead atoms. The van der Waals surface area contributed by atoms with Gasteiger partial charge in [-0.15, -0.1) is 0 Å². The maximum Gasteiger partial charge on any atom is 0.336 e. The maximum atomic E-state index is 10.8. The number of aromatic carboxylic acids is 1. The quantitative estimate of drug-likeness (QED) is 0.849. The minimum Gasteiger partial charge on any atom is -0.478 e. The number of carboxylic acids is 1. The van der Waals surface area contributed by atoms with Crippen LogP contribution >= 0.6 is 15.9 Å². The molecule has 0 aromatic heterocycles. The van der Waals surface area contributed by atoms with Crippen molar-refractivity contribution in [2.24, 2.45) is 5.73 Å². The van der Waals surface area contributed by atoms with Crippen LogP contribution in [0.2, 0.25) is 0 Å². The Morgan fingerprint density at radius 1 is 1.54 bits per heavy atom. The zero-order valence-electron chi connectivity index (χ0n) is 6.96. The first-order valence-corrected chi connectivity index (χ1v) is 4.67. The van der Waals surface area contributed by atoms with E-state index in [0.29, 0.717) is 18.5 Å². The van der Waals surface area contributed by atoms with Crippen molar-refractivity contribution in [1.82, 2.24) is 0 Å².